The van der Waals surface area contributed by atoms with Crippen molar-refractivity contribution in [1.82, 2.24) is 10.2 Å². The van der Waals surface area contributed by atoms with Crippen molar-refractivity contribution in [1.29, 1.82) is 0 Å². The number of nitrogens with zero attached hydrogens (tertiary/aromatic N) is 1. The van der Waals surface area contributed by atoms with E-state index in [4.69, 9.17) is 4.74 Å². The van der Waals surface area contributed by atoms with Crippen LogP contribution in [0.4, 0.5) is 0 Å². The predicted molar refractivity (Wildman–Crippen MR) is 80.2 cm³/mol. The SMILES string of the molecule is COc1cc(C)c(CCC(=O)N2CCNCC2)cc1C. The summed E-state index contributed by atoms with van der Waals surface area (Å²) < 4.78 is 5.32. The second-order valence-electron chi connectivity index (χ2n) is 5.38. The minimum Gasteiger partial charge on any atom is -0.496 e. The number of carbonyl (C=O) groups is 1. The number of ether oxygens (including phenoxy) is 1. The number of amides is 1. The second kappa shape index (κ2) is 6.75. The topological polar surface area (TPSA) is 41.6 Å². The van der Waals surface area contributed by atoms with Crippen molar-refractivity contribution < 1.29 is 9.53 Å². The molecule has 0 aliphatic carbocycles. The van der Waals surface area contributed by atoms with E-state index >= 15 is 0 Å². The molecule has 0 bridgehead atoms. The zero-order chi connectivity index (χ0) is 14.5. The van der Waals surface area contributed by atoms with Crippen molar-refractivity contribution in [3.63, 3.8) is 0 Å². The normalized spacial score (nSPS) is 15.2. The summed E-state index contributed by atoms with van der Waals surface area (Å²) in [5.41, 5.74) is 3.56. The Balaban J connectivity index is 1.96. The first kappa shape index (κ1) is 14.9. The summed E-state index contributed by atoms with van der Waals surface area (Å²) in [5, 5.41) is 3.26. The molecule has 1 fully saturated rings. The Bertz CT molecular complexity index is 480. The molecular formula is C16H24N2O2. The van der Waals surface area contributed by atoms with Gasteiger partial charge in [0.15, 0.2) is 0 Å². The first-order chi connectivity index (χ1) is 9.61. The Morgan fingerprint density at radius 1 is 1.25 bits per heavy atom. The van der Waals surface area contributed by atoms with Crippen LogP contribution in [0.5, 0.6) is 5.75 Å². The highest BCUT2D eigenvalue weighted by atomic mass is 16.5. The maximum Gasteiger partial charge on any atom is 0.222 e. The average Bonchev–Trinajstić information content (AvgIpc) is 2.48. The highest BCUT2D eigenvalue weighted by Gasteiger charge is 2.16. The Morgan fingerprint density at radius 3 is 2.60 bits per heavy atom. The monoisotopic (exact) mass is 276 g/mol. The quantitative estimate of drug-likeness (QED) is 0.909. The number of hydrogen-bond acceptors (Lipinski definition) is 3. The molecule has 1 heterocycles. The maximum absolute atomic E-state index is 12.2. The summed E-state index contributed by atoms with van der Waals surface area (Å²) in [4.78, 5) is 14.1. The zero-order valence-electron chi connectivity index (χ0n) is 12.7. The predicted octanol–water partition coefficient (Wildman–Crippen LogP) is 1.68. The molecule has 1 amide bonds. The number of methoxy groups -OCH3 is 1. The van der Waals surface area contributed by atoms with Crippen LogP contribution in [-0.2, 0) is 11.2 Å². The highest BCUT2D eigenvalue weighted by Crippen LogP contribution is 2.23. The first-order valence-corrected chi connectivity index (χ1v) is 7.24. The van der Waals surface area contributed by atoms with Gasteiger partial charge in [0.2, 0.25) is 5.91 Å². The van der Waals surface area contributed by atoms with Crippen LogP contribution in [0.15, 0.2) is 12.1 Å². The molecule has 0 saturated carbocycles. The number of carbonyl (C=O) groups excluding carboxylic acids is 1. The average molecular weight is 276 g/mol. The van der Waals surface area contributed by atoms with E-state index in [0.29, 0.717) is 6.42 Å². The molecule has 1 aromatic rings. The fourth-order valence-corrected chi connectivity index (χ4v) is 2.65. The smallest absolute Gasteiger partial charge is 0.222 e. The lowest BCUT2D eigenvalue weighted by atomic mass is 10.00. The lowest BCUT2D eigenvalue weighted by Crippen LogP contribution is -2.46. The summed E-state index contributed by atoms with van der Waals surface area (Å²) in [7, 11) is 1.69. The Kier molecular flexibility index (Phi) is 5.01. The molecule has 2 rings (SSSR count). The van der Waals surface area contributed by atoms with Crippen LogP contribution < -0.4 is 10.1 Å². The van der Waals surface area contributed by atoms with Crippen LogP contribution in [0.1, 0.15) is 23.1 Å². The number of aryl methyl sites for hydroxylation is 3. The number of hydrogen-bond donors (Lipinski definition) is 1. The molecule has 4 heteroatoms. The van der Waals surface area contributed by atoms with E-state index in [9.17, 15) is 4.79 Å². The third-order valence-corrected chi connectivity index (χ3v) is 3.93. The van der Waals surface area contributed by atoms with Gasteiger partial charge in [0.1, 0.15) is 5.75 Å². The summed E-state index contributed by atoms with van der Waals surface area (Å²) in [6.45, 7) is 7.60. The van der Waals surface area contributed by atoms with Gasteiger partial charge in [-0.3, -0.25) is 4.79 Å². The Labute approximate surface area is 121 Å². The van der Waals surface area contributed by atoms with E-state index < -0.39 is 0 Å². The molecule has 110 valence electrons. The van der Waals surface area contributed by atoms with Gasteiger partial charge in [-0.2, -0.15) is 0 Å². The van der Waals surface area contributed by atoms with Crippen LogP contribution in [0.2, 0.25) is 0 Å². The van der Waals surface area contributed by atoms with E-state index in [0.717, 1.165) is 43.9 Å². The van der Waals surface area contributed by atoms with E-state index in [1.165, 1.54) is 11.1 Å². The molecule has 0 spiro atoms. The molecule has 1 aliphatic heterocycles. The molecule has 1 saturated heterocycles. The van der Waals surface area contributed by atoms with E-state index in [-0.39, 0.29) is 5.91 Å². The Morgan fingerprint density at radius 2 is 1.95 bits per heavy atom. The van der Waals surface area contributed by atoms with Gasteiger partial charge in [0.05, 0.1) is 7.11 Å². The van der Waals surface area contributed by atoms with Crippen molar-refractivity contribution in [2.24, 2.45) is 0 Å². The third-order valence-electron chi connectivity index (χ3n) is 3.93. The van der Waals surface area contributed by atoms with Gasteiger partial charge in [-0.1, -0.05) is 6.07 Å². The molecule has 0 aromatic heterocycles. The fourth-order valence-electron chi connectivity index (χ4n) is 2.65. The number of nitrogens with one attached hydrogen (secondary N) is 1. The summed E-state index contributed by atoms with van der Waals surface area (Å²) in [6, 6.07) is 4.19. The van der Waals surface area contributed by atoms with Crippen molar-refractivity contribution in [2.75, 3.05) is 33.3 Å². The van der Waals surface area contributed by atoms with Crippen LogP contribution >= 0.6 is 0 Å². The van der Waals surface area contributed by atoms with E-state index in [1.807, 2.05) is 11.8 Å². The summed E-state index contributed by atoms with van der Waals surface area (Å²) in [5.74, 6) is 1.18. The first-order valence-electron chi connectivity index (χ1n) is 7.24. The van der Waals surface area contributed by atoms with Crippen LogP contribution in [-0.4, -0.2) is 44.1 Å². The Hall–Kier alpha value is -1.55. The molecule has 4 nitrogen and oxygen atoms in total. The van der Waals surface area contributed by atoms with Gasteiger partial charge in [-0.25, -0.2) is 0 Å². The van der Waals surface area contributed by atoms with Gasteiger partial charge >= 0.3 is 0 Å². The van der Waals surface area contributed by atoms with E-state index in [1.54, 1.807) is 7.11 Å². The minimum atomic E-state index is 0.263. The zero-order valence-corrected chi connectivity index (χ0v) is 12.7. The van der Waals surface area contributed by atoms with Gasteiger partial charge in [-0.15, -0.1) is 0 Å². The second-order valence-corrected chi connectivity index (χ2v) is 5.38. The minimum absolute atomic E-state index is 0.263. The standard InChI is InChI=1S/C16H24N2O2/c1-12-11-15(20-3)13(2)10-14(12)4-5-16(19)18-8-6-17-7-9-18/h10-11,17H,4-9H2,1-3H3. The van der Waals surface area contributed by atoms with E-state index in [2.05, 4.69) is 24.4 Å². The van der Waals surface area contributed by atoms with Crippen molar-refractivity contribution in [3.8, 4) is 5.75 Å². The molecule has 0 atom stereocenters. The number of benzene rings is 1. The van der Waals surface area contributed by atoms with Crippen molar-refractivity contribution in [3.05, 3.63) is 28.8 Å². The number of piperazine rings is 1. The van der Waals surface area contributed by atoms with Gasteiger partial charge in [-0.05, 0) is 43.0 Å². The molecule has 1 aromatic carbocycles. The van der Waals surface area contributed by atoms with Gasteiger partial charge in [0.25, 0.3) is 0 Å². The molecular weight excluding hydrogens is 252 g/mol. The molecule has 0 radical (unpaired) electrons. The summed E-state index contributed by atoms with van der Waals surface area (Å²) in [6.07, 6.45) is 1.39. The lowest BCUT2D eigenvalue weighted by molar-refractivity contribution is -0.131. The van der Waals surface area contributed by atoms with Gasteiger partial charge in [0, 0.05) is 32.6 Å². The highest BCUT2D eigenvalue weighted by molar-refractivity contribution is 5.76. The molecule has 1 N–H and O–H groups in total. The largest absolute Gasteiger partial charge is 0.496 e. The fraction of sp³-hybridized carbons (Fsp3) is 0.562. The van der Waals surface area contributed by atoms with Crippen LogP contribution in [0.25, 0.3) is 0 Å². The molecule has 0 unspecified atom stereocenters. The van der Waals surface area contributed by atoms with Gasteiger partial charge < -0.3 is 15.0 Å². The molecule has 20 heavy (non-hydrogen) atoms. The lowest BCUT2D eigenvalue weighted by Gasteiger charge is -2.27. The van der Waals surface area contributed by atoms with Crippen molar-refractivity contribution >= 4 is 5.91 Å². The third kappa shape index (κ3) is 3.51. The van der Waals surface area contributed by atoms with Crippen LogP contribution in [0.3, 0.4) is 0 Å². The summed E-state index contributed by atoms with van der Waals surface area (Å²) >= 11 is 0. The maximum atomic E-state index is 12.2. The molecule has 1 aliphatic rings. The number of rotatable bonds is 4. The van der Waals surface area contributed by atoms with Crippen LogP contribution in [0, 0.1) is 13.8 Å². The van der Waals surface area contributed by atoms with Crippen molar-refractivity contribution in [2.45, 2.75) is 26.7 Å².